The highest BCUT2D eigenvalue weighted by molar-refractivity contribution is 5.89. The highest BCUT2D eigenvalue weighted by Crippen LogP contribution is 2.37. The lowest BCUT2D eigenvalue weighted by molar-refractivity contribution is -0.225. The van der Waals surface area contributed by atoms with E-state index in [0.29, 0.717) is 0 Å². The first-order valence-corrected chi connectivity index (χ1v) is 12.4. The first-order valence-electron chi connectivity index (χ1n) is 12.4. The maximum absolute atomic E-state index is 13.3. The van der Waals surface area contributed by atoms with Gasteiger partial charge in [-0.1, -0.05) is 12.7 Å². The van der Waals surface area contributed by atoms with Crippen LogP contribution in [0.3, 0.4) is 0 Å². The number of ether oxygens (including phenoxy) is 5. The van der Waals surface area contributed by atoms with Gasteiger partial charge in [0.1, 0.15) is 25.4 Å². The number of anilines is 1. The van der Waals surface area contributed by atoms with E-state index >= 15 is 0 Å². The molecule has 0 unspecified atom stereocenters. The van der Waals surface area contributed by atoms with Gasteiger partial charge in [0.05, 0.1) is 11.1 Å². The van der Waals surface area contributed by atoms with Crippen LogP contribution in [0, 0.1) is 0 Å². The Morgan fingerprint density at radius 3 is 1.86 bits per heavy atom. The van der Waals surface area contributed by atoms with Crippen molar-refractivity contribution in [1.82, 2.24) is 10.6 Å². The topological polar surface area (TPSA) is 168 Å². The lowest BCUT2D eigenvalue weighted by atomic mass is 9.95. The molecule has 1 heterocycles. The normalized spacial score (nSPS) is 21.7. The zero-order valence-electron chi connectivity index (χ0n) is 23.2. The van der Waals surface area contributed by atoms with Crippen molar-refractivity contribution < 1.29 is 74.0 Å². The zero-order valence-corrected chi connectivity index (χ0v) is 23.2. The predicted molar refractivity (Wildman–Crippen MR) is 133 cm³/mol. The van der Waals surface area contributed by atoms with E-state index in [4.69, 9.17) is 23.7 Å². The number of alkyl halides is 6. The second-order valence-corrected chi connectivity index (χ2v) is 9.00. The molecule has 0 aromatic heterocycles. The number of carbonyl (C=O) groups is 5. The number of halogens is 6. The van der Waals surface area contributed by atoms with Crippen molar-refractivity contribution >= 4 is 35.7 Å². The fourth-order valence-corrected chi connectivity index (χ4v) is 3.86. The van der Waals surface area contributed by atoms with Gasteiger partial charge in [-0.2, -0.15) is 26.3 Å². The van der Waals surface area contributed by atoms with E-state index in [2.05, 4.69) is 17.2 Å². The van der Waals surface area contributed by atoms with Gasteiger partial charge in [0.2, 0.25) is 0 Å². The number of amides is 3. The molecular weight excluding hydrogens is 616 g/mol. The summed E-state index contributed by atoms with van der Waals surface area (Å²) < 4.78 is 105. The fraction of sp³-hybridized carbons (Fsp3) is 0.480. The molecule has 1 aromatic carbocycles. The van der Waals surface area contributed by atoms with Gasteiger partial charge in [0.15, 0.2) is 18.4 Å². The minimum Gasteiger partial charge on any atom is -0.463 e. The highest BCUT2D eigenvalue weighted by atomic mass is 19.4. The van der Waals surface area contributed by atoms with Gasteiger partial charge in [-0.15, -0.1) is 0 Å². The Balaban J connectivity index is 2.51. The maximum atomic E-state index is 13.3. The maximum Gasteiger partial charge on any atom is 0.416 e. The molecule has 1 fully saturated rings. The average molecular weight is 643 g/mol. The van der Waals surface area contributed by atoms with Crippen molar-refractivity contribution in [2.45, 2.75) is 63.7 Å². The quantitative estimate of drug-likeness (QED) is 0.157. The summed E-state index contributed by atoms with van der Waals surface area (Å²) in [5.74, 6) is -2.76. The third-order valence-electron chi connectivity index (χ3n) is 5.48. The number of esters is 3. The van der Waals surface area contributed by atoms with E-state index in [0.717, 1.165) is 20.8 Å². The van der Waals surface area contributed by atoms with E-state index in [9.17, 15) is 50.3 Å². The third kappa shape index (κ3) is 10.6. The summed E-state index contributed by atoms with van der Waals surface area (Å²) in [6.07, 6.45) is -17.0. The van der Waals surface area contributed by atoms with Gasteiger partial charge >= 0.3 is 42.4 Å². The van der Waals surface area contributed by atoms with Crippen LogP contribution in [0.15, 0.2) is 30.9 Å². The molecule has 5 atom stereocenters. The molecule has 0 radical (unpaired) electrons. The molecule has 3 N–H and O–H groups in total. The predicted octanol–water partition coefficient (Wildman–Crippen LogP) is 3.28. The van der Waals surface area contributed by atoms with Crippen molar-refractivity contribution in [3.05, 3.63) is 42.0 Å². The first kappa shape index (κ1) is 35.6. The second kappa shape index (κ2) is 14.8. The van der Waals surface area contributed by atoms with Crippen LogP contribution in [0.1, 0.15) is 31.9 Å². The lowest BCUT2D eigenvalue weighted by Crippen LogP contribution is -2.70. The van der Waals surface area contributed by atoms with Crippen molar-refractivity contribution in [3.8, 4) is 0 Å². The number of carbonyl (C=O) groups excluding carboxylic acids is 5. The standard InChI is InChI=1S/C25H27F6N3O10/c1-5-6-40-23(39)33-18-20(43-13(4)37)19(42-12(3)36)17(10-41-11(2)35)44-21(18)34-22(38)32-16-8-14(24(26,27)28)7-15(9-16)25(29,30)31/h5,7-9,17-21H,1,6,10H2,2-4H3,(H,33,39)(H2,32,34,38)/t17-,18-,19-,20-,21-/m1/s1. The molecule has 0 spiro atoms. The second-order valence-electron chi connectivity index (χ2n) is 9.00. The molecule has 0 aliphatic carbocycles. The van der Waals surface area contributed by atoms with Gasteiger partial charge in [-0.25, -0.2) is 9.59 Å². The molecule has 0 bridgehead atoms. The van der Waals surface area contributed by atoms with Crippen LogP contribution in [0.4, 0.5) is 41.6 Å². The smallest absolute Gasteiger partial charge is 0.416 e. The van der Waals surface area contributed by atoms with Crippen LogP contribution in [0.25, 0.3) is 0 Å². The van der Waals surface area contributed by atoms with Crippen LogP contribution < -0.4 is 16.0 Å². The summed E-state index contributed by atoms with van der Waals surface area (Å²) in [7, 11) is 0. The van der Waals surface area contributed by atoms with E-state index in [1.54, 1.807) is 0 Å². The summed E-state index contributed by atoms with van der Waals surface area (Å²) >= 11 is 0. The fourth-order valence-electron chi connectivity index (χ4n) is 3.86. The Morgan fingerprint density at radius 2 is 1.39 bits per heavy atom. The number of rotatable bonds is 9. The Bertz CT molecular complexity index is 1220. The first-order chi connectivity index (χ1) is 20.3. The number of urea groups is 1. The summed E-state index contributed by atoms with van der Waals surface area (Å²) in [4.78, 5) is 60.6. The van der Waals surface area contributed by atoms with Gasteiger partial charge < -0.3 is 39.6 Å². The molecule has 44 heavy (non-hydrogen) atoms. The molecule has 2 rings (SSSR count). The molecule has 1 aromatic rings. The van der Waals surface area contributed by atoms with Crippen molar-refractivity contribution in [1.29, 1.82) is 0 Å². The average Bonchev–Trinajstić information content (AvgIpc) is 2.87. The van der Waals surface area contributed by atoms with Gasteiger partial charge in [0.25, 0.3) is 0 Å². The molecule has 3 amide bonds. The van der Waals surface area contributed by atoms with E-state index in [-0.39, 0.29) is 24.8 Å². The van der Waals surface area contributed by atoms with E-state index in [1.807, 2.05) is 5.32 Å². The van der Waals surface area contributed by atoms with Crippen molar-refractivity contribution in [2.24, 2.45) is 0 Å². The largest absolute Gasteiger partial charge is 0.463 e. The summed E-state index contributed by atoms with van der Waals surface area (Å²) in [6, 6.07) is -2.80. The van der Waals surface area contributed by atoms with Gasteiger partial charge in [0, 0.05) is 26.5 Å². The SMILES string of the molecule is C=CCOC(=O)N[C@@H]1[C@@H](OC(C)=O)[C@H](OC(C)=O)[C@@H](COC(C)=O)O[C@H]1NC(=O)Nc1cc(C(F)(F)F)cc(C(F)(F)F)c1. The molecule has 1 saturated heterocycles. The number of benzene rings is 1. The van der Waals surface area contributed by atoms with Gasteiger partial charge in [-0.3, -0.25) is 14.4 Å². The van der Waals surface area contributed by atoms with E-state index in [1.165, 1.54) is 6.08 Å². The van der Waals surface area contributed by atoms with Crippen LogP contribution in [-0.4, -0.2) is 73.8 Å². The lowest BCUT2D eigenvalue weighted by Gasteiger charge is -2.45. The summed E-state index contributed by atoms with van der Waals surface area (Å²) in [6.45, 7) is 5.29. The molecule has 19 heteroatoms. The number of alkyl carbamates (subject to hydrolysis) is 1. The minimum absolute atomic E-state index is 0.152. The zero-order chi connectivity index (χ0) is 33.4. The molecular formula is C25H27F6N3O10. The molecule has 13 nitrogen and oxygen atoms in total. The Hall–Kier alpha value is -4.55. The highest BCUT2D eigenvalue weighted by Gasteiger charge is 2.51. The monoisotopic (exact) mass is 643 g/mol. The number of hydrogen-bond donors (Lipinski definition) is 3. The Labute approximate surface area is 245 Å². The van der Waals surface area contributed by atoms with Crippen LogP contribution >= 0.6 is 0 Å². The van der Waals surface area contributed by atoms with Crippen LogP contribution in [0.5, 0.6) is 0 Å². The third-order valence-corrected chi connectivity index (χ3v) is 5.48. The Morgan fingerprint density at radius 1 is 0.841 bits per heavy atom. The summed E-state index contributed by atoms with van der Waals surface area (Å²) in [5, 5.41) is 6.14. The number of nitrogens with one attached hydrogen (secondary N) is 3. The van der Waals surface area contributed by atoms with Gasteiger partial charge in [-0.05, 0) is 18.2 Å². The minimum atomic E-state index is -5.21. The summed E-state index contributed by atoms with van der Waals surface area (Å²) in [5.41, 5.74) is -4.37. The molecule has 1 aliphatic heterocycles. The van der Waals surface area contributed by atoms with Crippen LogP contribution in [0.2, 0.25) is 0 Å². The van der Waals surface area contributed by atoms with Crippen molar-refractivity contribution in [2.75, 3.05) is 18.5 Å². The number of hydrogen-bond acceptors (Lipinski definition) is 10. The molecule has 1 aliphatic rings. The Kier molecular flexibility index (Phi) is 12.0. The molecule has 0 saturated carbocycles. The van der Waals surface area contributed by atoms with Crippen molar-refractivity contribution in [3.63, 3.8) is 0 Å². The van der Waals surface area contributed by atoms with Crippen LogP contribution in [-0.2, 0) is 50.4 Å². The molecule has 244 valence electrons. The van der Waals surface area contributed by atoms with E-state index < -0.39 is 96.4 Å².